The minimum atomic E-state index is -4.48. The molecular weight excluding hydrogens is 463 g/mol. The summed E-state index contributed by atoms with van der Waals surface area (Å²) in [5, 5.41) is 13.0. The second-order valence-electron chi connectivity index (χ2n) is 8.16. The zero-order valence-corrected chi connectivity index (χ0v) is 18.7. The van der Waals surface area contributed by atoms with Crippen molar-refractivity contribution >= 4 is 23.1 Å². The lowest BCUT2D eigenvalue weighted by atomic mass is 9.96. The Labute approximate surface area is 197 Å². The number of halogens is 3. The largest absolute Gasteiger partial charge is 0.410 e. The lowest BCUT2D eigenvalue weighted by Gasteiger charge is -2.34. The lowest BCUT2D eigenvalue weighted by molar-refractivity contribution is -0.173. The smallest absolute Gasteiger partial charge is 0.363 e. The quantitative estimate of drug-likeness (QED) is 0.347. The molecule has 10 heteroatoms. The van der Waals surface area contributed by atoms with Gasteiger partial charge in [0.2, 0.25) is 0 Å². The maximum absolute atomic E-state index is 13.8. The standard InChI is InChI=1S/C24H20F3N5OS/c25-24(26,27)22-12-19(16-4-2-1-3-5-16)29-23-18(13-28-32(22)23)21(33)11-8-15-6-9-17(10-7-15)20-14-34-31-30-20/h1-7,9-10,13-14,19,22,29H,8,11-12H2. The fraction of sp³-hybridized carbons (Fsp3) is 0.250. The molecule has 174 valence electrons. The van der Waals surface area contributed by atoms with E-state index < -0.39 is 18.3 Å². The van der Waals surface area contributed by atoms with Crippen molar-refractivity contribution in [2.75, 3.05) is 5.32 Å². The number of rotatable bonds is 6. The number of Topliss-reactive ketones (excluding diaryl/α,β-unsaturated/α-hetero) is 1. The third-order valence-electron chi connectivity index (χ3n) is 5.99. The highest BCUT2D eigenvalue weighted by atomic mass is 32.1. The molecule has 0 aliphatic carbocycles. The molecule has 0 amide bonds. The maximum Gasteiger partial charge on any atom is 0.410 e. The van der Waals surface area contributed by atoms with Gasteiger partial charge in [-0.25, -0.2) is 4.68 Å². The number of nitrogens with zero attached hydrogens (tertiary/aromatic N) is 4. The Kier molecular flexibility index (Phi) is 5.91. The Morgan fingerprint density at radius 1 is 1.12 bits per heavy atom. The summed E-state index contributed by atoms with van der Waals surface area (Å²) in [6, 6.07) is 14.2. The van der Waals surface area contributed by atoms with E-state index in [1.807, 2.05) is 35.7 Å². The molecular formula is C24H20F3N5OS. The van der Waals surface area contributed by atoms with Crippen LogP contribution in [-0.4, -0.2) is 31.3 Å². The zero-order valence-electron chi connectivity index (χ0n) is 17.9. The molecule has 6 nitrogen and oxygen atoms in total. The molecule has 0 radical (unpaired) electrons. The van der Waals surface area contributed by atoms with Gasteiger partial charge in [-0.2, -0.15) is 18.3 Å². The third kappa shape index (κ3) is 4.45. The van der Waals surface area contributed by atoms with E-state index in [1.54, 1.807) is 24.3 Å². The molecule has 2 aromatic carbocycles. The summed E-state index contributed by atoms with van der Waals surface area (Å²) in [5.74, 6) is -0.130. The van der Waals surface area contributed by atoms with Crippen LogP contribution in [0.4, 0.5) is 19.0 Å². The number of carbonyl (C=O) groups is 1. The maximum atomic E-state index is 13.8. The zero-order chi connectivity index (χ0) is 23.7. The van der Waals surface area contributed by atoms with E-state index in [4.69, 9.17) is 0 Å². The summed E-state index contributed by atoms with van der Waals surface area (Å²) in [6.45, 7) is 0. The molecule has 0 saturated carbocycles. The van der Waals surface area contributed by atoms with Crippen LogP contribution in [-0.2, 0) is 6.42 Å². The predicted octanol–water partition coefficient (Wildman–Crippen LogP) is 5.88. The number of hydrogen-bond acceptors (Lipinski definition) is 6. The fourth-order valence-electron chi connectivity index (χ4n) is 4.20. The first kappa shape index (κ1) is 22.3. The highest BCUT2D eigenvalue weighted by Gasteiger charge is 2.47. The molecule has 5 rings (SSSR count). The highest BCUT2D eigenvalue weighted by Crippen LogP contribution is 2.44. The van der Waals surface area contributed by atoms with Crippen LogP contribution in [0, 0.1) is 0 Å². The number of aryl methyl sites for hydroxylation is 1. The molecule has 1 aliphatic heterocycles. The van der Waals surface area contributed by atoms with Crippen LogP contribution in [0.5, 0.6) is 0 Å². The van der Waals surface area contributed by atoms with E-state index in [0.29, 0.717) is 6.42 Å². The molecule has 2 aromatic heterocycles. The van der Waals surface area contributed by atoms with E-state index in [2.05, 4.69) is 20.0 Å². The van der Waals surface area contributed by atoms with Crippen molar-refractivity contribution in [2.45, 2.75) is 37.5 Å². The average molecular weight is 484 g/mol. The second kappa shape index (κ2) is 9.02. The second-order valence-corrected chi connectivity index (χ2v) is 8.77. The molecule has 2 atom stereocenters. The Morgan fingerprint density at radius 2 is 1.88 bits per heavy atom. The van der Waals surface area contributed by atoms with Crippen LogP contribution in [0.25, 0.3) is 11.3 Å². The van der Waals surface area contributed by atoms with Crippen molar-refractivity contribution in [3.05, 3.63) is 82.9 Å². The number of nitrogens with one attached hydrogen (secondary N) is 1. The Hall–Kier alpha value is -3.53. The van der Waals surface area contributed by atoms with Gasteiger partial charge in [0, 0.05) is 23.8 Å². The summed E-state index contributed by atoms with van der Waals surface area (Å²) in [7, 11) is 0. The van der Waals surface area contributed by atoms with Gasteiger partial charge in [-0.3, -0.25) is 4.79 Å². The Bertz CT molecular complexity index is 1270. The monoisotopic (exact) mass is 483 g/mol. The molecule has 34 heavy (non-hydrogen) atoms. The molecule has 2 unspecified atom stereocenters. The van der Waals surface area contributed by atoms with Crippen molar-refractivity contribution in [3.8, 4) is 11.3 Å². The van der Waals surface area contributed by atoms with Crippen LogP contribution in [0.2, 0.25) is 0 Å². The SMILES string of the molecule is O=C(CCc1ccc(-c2csnn2)cc1)c1cnn2c1NC(c1ccccc1)CC2C(F)(F)F. The van der Waals surface area contributed by atoms with Gasteiger partial charge in [0.15, 0.2) is 11.8 Å². The summed E-state index contributed by atoms with van der Waals surface area (Å²) in [4.78, 5) is 13.0. The first-order chi connectivity index (χ1) is 16.4. The number of fused-ring (bicyclic) bond motifs is 1. The number of benzene rings is 2. The van der Waals surface area contributed by atoms with Gasteiger partial charge < -0.3 is 5.32 Å². The first-order valence-corrected chi connectivity index (χ1v) is 11.6. The molecule has 0 bridgehead atoms. The minimum absolute atomic E-state index is 0.124. The lowest BCUT2D eigenvalue weighted by Crippen LogP contribution is -2.36. The molecule has 1 N–H and O–H groups in total. The van der Waals surface area contributed by atoms with Crippen LogP contribution in [0.15, 0.2) is 66.2 Å². The number of ketones is 1. The van der Waals surface area contributed by atoms with Crippen LogP contribution < -0.4 is 5.32 Å². The van der Waals surface area contributed by atoms with Crippen molar-refractivity contribution in [1.82, 2.24) is 19.4 Å². The summed E-state index contributed by atoms with van der Waals surface area (Å²) >= 11 is 1.27. The molecule has 1 aliphatic rings. The number of aromatic nitrogens is 4. The van der Waals surface area contributed by atoms with Gasteiger partial charge in [0.1, 0.15) is 11.5 Å². The molecule has 4 aromatic rings. The van der Waals surface area contributed by atoms with E-state index in [1.165, 1.54) is 17.7 Å². The van der Waals surface area contributed by atoms with Crippen LogP contribution in [0.3, 0.4) is 0 Å². The van der Waals surface area contributed by atoms with Crippen molar-refractivity contribution in [1.29, 1.82) is 0 Å². The average Bonchev–Trinajstić information content (AvgIpc) is 3.52. The fourth-order valence-corrected chi connectivity index (χ4v) is 4.66. The first-order valence-electron chi connectivity index (χ1n) is 10.8. The van der Waals surface area contributed by atoms with Gasteiger partial charge in [0.25, 0.3) is 0 Å². The minimum Gasteiger partial charge on any atom is -0.363 e. The molecule has 0 spiro atoms. The summed E-state index contributed by atoms with van der Waals surface area (Å²) < 4.78 is 46.3. The Balaban J connectivity index is 1.35. The van der Waals surface area contributed by atoms with Gasteiger partial charge in [-0.1, -0.05) is 59.1 Å². The number of alkyl halides is 3. The van der Waals surface area contributed by atoms with Crippen molar-refractivity contribution in [3.63, 3.8) is 0 Å². The van der Waals surface area contributed by atoms with Crippen LogP contribution >= 0.6 is 11.5 Å². The van der Waals surface area contributed by atoms with E-state index in [9.17, 15) is 18.0 Å². The van der Waals surface area contributed by atoms with E-state index in [0.717, 1.165) is 27.1 Å². The van der Waals surface area contributed by atoms with Gasteiger partial charge in [-0.05, 0) is 29.1 Å². The van der Waals surface area contributed by atoms with Gasteiger partial charge in [-0.15, -0.1) is 5.10 Å². The van der Waals surface area contributed by atoms with E-state index in [-0.39, 0.29) is 30.0 Å². The number of anilines is 1. The van der Waals surface area contributed by atoms with Crippen LogP contribution in [0.1, 0.15) is 46.4 Å². The third-order valence-corrected chi connectivity index (χ3v) is 6.50. The number of carbonyl (C=O) groups excluding carboxylic acids is 1. The highest BCUT2D eigenvalue weighted by molar-refractivity contribution is 7.03. The topological polar surface area (TPSA) is 72.7 Å². The Morgan fingerprint density at radius 3 is 2.56 bits per heavy atom. The molecule has 0 saturated heterocycles. The van der Waals surface area contributed by atoms with Crippen molar-refractivity contribution < 1.29 is 18.0 Å². The summed E-state index contributed by atoms with van der Waals surface area (Å²) in [6.07, 6.45) is -2.81. The number of hydrogen-bond donors (Lipinski definition) is 1. The summed E-state index contributed by atoms with van der Waals surface area (Å²) in [5.41, 5.74) is 3.59. The van der Waals surface area contributed by atoms with Gasteiger partial charge >= 0.3 is 6.18 Å². The normalized spacial score (nSPS) is 17.7. The molecule has 3 heterocycles. The van der Waals surface area contributed by atoms with Crippen molar-refractivity contribution in [2.24, 2.45) is 0 Å². The predicted molar refractivity (Wildman–Crippen MR) is 123 cm³/mol. The van der Waals surface area contributed by atoms with E-state index >= 15 is 0 Å². The van der Waals surface area contributed by atoms with Gasteiger partial charge in [0.05, 0.1) is 17.8 Å². The molecule has 0 fully saturated rings.